The molecule has 34 heteroatoms. The first-order chi connectivity index (χ1) is 61.1. The summed E-state index contributed by atoms with van der Waals surface area (Å²) in [5.41, 5.74) is 9.49. The molecular formula is C93H78F6N18O10. The summed E-state index contributed by atoms with van der Waals surface area (Å²) in [5.74, 6) is 0.737. The molecule has 642 valence electrons. The molecule has 0 aliphatic carbocycles. The molecule has 0 saturated carbocycles. The number of aromatic nitrogens is 18. The van der Waals surface area contributed by atoms with Crippen molar-refractivity contribution >= 4 is 28.9 Å². The quantitative estimate of drug-likeness (QED) is 0.0325. The largest absolute Gasteiger partial charge is 0.455 e. The number of Topliss-reactive ketones (excluding diaryl/α,β-unsaturated/α-hetero) is 5. The zero-order valence-corrected chi connectivity index (χ0v) is 69.4. The van der Waals surface area contributed by atoms with E-state index in [2.05, 4.69) is 89.7 Å². The lowest BCUT2D eigenvalue weighted by Crippen LogP contribution is -2.09. The molecule has 0 aromatic carbocycles. The third-order valence-electron chi connectivity index (χ3n) is 17.2. The molecule has 0 N–H and O–H groups in total. The maximum Gasteiger partial charge on any atom is 0.280 e. The second-order valence-corrected chi connectivity index (χ2v) is 28.0. The molecule has 0 bridgehead atoms. The second-order valence-electron chi connectivity index (χ2n) is 28.0. The van der Waals surface area contributed by atoms with Gasteiger partial charge in [-0.05, 0) is 114 Å². The van der Waals surface area contributed by atoms with Crippen LogP contribution in [0.3, 0.4) is 0 Å². The van der Waals surface area contributed by atoms with Gasteiger partial charge in [-0.25, -0.2) is 81.2 Å². The number of hydrogen-bond acceptors (Lipinski definition) is 28. The van der Waals surface area contributed by atoms with Crippen molar-refractivity contribution in [1.29, 1.82) is 0 Å². The number of aryl methyl sites for hydroxylation is 8. The molecule has 15 aromatic rings. The fraction of sp³-hybridized carbons (Fsp3) is 0.172. The predicted octanol–water partition coefficient (Wildman–Crippen LogP) is 18.5. The number of ketones is 5. The number of nitrogens with zero attached hydrogens (tertiary/aromatic N) is 18. The highest BCUT2D eigenvalue weighted by atomic mass is 19.3. The van der Waals surface area contributed by atoms with Gasteiger partial charge >= 0.3 is 0 Å². The lowest BCUT2D eigenvalue weighted by Gasteiger charge is -2.09. The van der Waals surface area contributed by atoms with Crippen LogP contribution in [0.15, 0.2) is 245 Å². The Labute approximate surface area is 723 Å². The lowest BCUT2D eigenvalue weighted by molar-refractivity contribution is 0.0975. The smallest absolute Gasteiger partial charge is 0.280 e. The zero-order valence-electron chi connectivity index (χ0n) is 69.4. The lowest BCUT2D eigenvalue weighted by atomic mass is 10.1. The minimum atomic E-state index is -2.84. The Morgan fingerprint density at radius 1 is 0.276 bits per heavy atom. The van der Waals surface area contributed by atoms with Gasteiger partial charge in [0.2, 0.25) is 0 Å². The summed E-state index contributed by atoms with van der Waals surface area (Å²) in [6.07, 6.45) is 18.1. The fourth-order valence-electron chi connectivity index (χ4n) is 11.4. The van der Waals surface area contributed by atoms with E-state index in [9.17, 15) is 50.3 Å². The number of rotatable bonds is 28. The van der Waals surface area contributed by atoms with Crippen LogP contribution in [0.1, 0.15) is 157 Å². The van der Waals surface area contributed by atoms with E-state index in [1.807, 2.05) is 103 Å². The van der Waals surface area contributed by atoms with Crippen LogP contribution >= 0.6 is 0 Å². The van der Waals surface area contributed by atoms with Crippen LogP contribution in [0.4, 0.5) is 26.3 Å². The molecular weight excluding hydrogens is 1640 g/mol. The van der Waals surface area contributed by atoms with Crippen LogP contribution < -0.4 is 23.7 Å². The van der Waals surface area contributed by atoms with Gasteiger partial charge in [0.15, 0.2) is 46.2 Å². The molecule has 15 aromatic heterocycles. The highest BCUT2D eigenvalue weighted by Crippen LogP contribution is 2.31. The minimum absolute atomic E-state index is 0.0478. The average molecular weight is 1720 g/mol. The Hall–Kier alpha value is -16.0. The van der Waals surface area contributed by atoms with Gasteiger partial charge in [0.05, 0.1) is 94.1 Å². The molecule has 28 nitrogen and oxygen atoms in total. The van der Waals surface area contributed by atoms with Crippen LogP contribution in [0.25, 0.3) is 0 Å². The Bertz CT molecular complexity index is 6140. The number of carbonyl (C=O) groups is 5. The van der Waals surface area contributed by atoms with Crippen LogP contribution in [-0.4, -0.2) is 119 Å². The third kappa shape index (κ3) is 29.6. The minimum Gasteiger partial charge on any atom is -0.455 e. The van der Waals surface area contributed by atoms with Gasteiger partial charge in [-0.2, -0.15) is 0 Å². The van der Waals surface area contributed by atoms with Crippen LogP contribution in [0.5, 0.6) is 57.5 Å². The molecule has 0 atom stereocenters. The number of alkyl halides is 4. The first-order valence-corrected chi connectivity index (χ1v) is 38.8. The highest BCUT2D eigenvalue weighted by molar-refractivity contribution is 5.98. The van der Waals surface area contributed by atoms with Crippen molar-refractivity contribution in [3.8, 4) is 57.5 Å². The standard InChI is InChI=1S/C20H18FN3O2.C19H16FN3O2.2C18H14F2N4O2.C18H16N4O2/c1-3-15-8-17(26-18-7-14(21)11-22-12-18)10-19(24-15)20(25)9-16-6-4-5-13(2)23-16;1-12-4-3-5-15(22-12)8-19(24)18-9-16(6-13(2)23-18)25-17-7-14(20)10-21-11-17;2*1-11-2-3-12(23-7-11)4-17(25)15-5-13(6-16(24-15)18(19)20)26-14-8-21-10-22-9-14;1-12-3-4-14(21-8-12)6-18(23)17-7-15(5-13(2)22-17)24-16-9-19-11-20-10-16/h4-8,10-12H,3,9H2,1-2H3;3-7,9-11H,8H2,1-2H3;2*2-3,5-10,18H,4H2,1H3;3-5,7-11H,6H2,1-2H3. The summed E-state index contributed by atoms with van der Waals surface area (Å²) in [6.45, 7) is 15.0. The molecule has 0 unspecified atom stereocenters. The van der Waals surface area contributed by atoms with Crippen LogP contribution in [0, 0.1) is 60.1 Å². The molecule has 15 rings (SSSR count). The molecule has 0 amide bonds. The zero-order chi connectivity index (χ0) is 90.3. The normalized spacial score (nSPS) is 10.6. The van der Waals surface area contributed by atoms with Crippen molar-refractivity contribution in [2.75, 3.05) is 0 Å². The van der Waals surface area contributed by atoms with Crippen molar-refractivity contribution in [2.45, 2.75) is 107 Å². The first kappa shape index (κ1) is 91.7. The molecule has 0 aliphatic rings. The first-order valence-electron chi connectivity index (χ1n) is 38.8. The van der Waals surface area contributed by atoms with Gasteiger partial charge in [0.1, 0.15) is 111 Å². The number of hydrogen-bond donors (Lipinski definition) is 0. The Morgan fingerprint density at radius 2 is 0.575 bits per heavy atom. The summed E-state index contributed by atoms with van der Waals surface area (Å²) in [5, 5.41) is 0. The maximum atomic E-state index is 13.3. The Morgan fingerprint density at radius 3 is 0.882 bits per heavy atom. The Kier molecular flexibility index (Phi) is 32.6. The summed E-state index contributed by atoms with van der Waals surface area (Å²) in [4.78, 5) is 135. The van der Waals surface area contributed by atoms with E-state index >= 15 is 0 Å². The topological polar surface area (TPSA) is 364 Å². The fourth-order valence-corrected chi connectivity index (χ4v) is 11.4. The van der Waals surface area contributed by atoms with E-state index in [4.69, 9.17) is 23.7 Å². The van der Waals surface area contributed by atoms with Crippen molar-refractivity contribution in [3.63, 3.8) is 0 Å². The summed E-state index contributed by atoms with van der Waals surface area (Å²) in [6, 6.07) is 39.1. The van der Waals surface area contributed by atoms with E-state index in [1.54, 1.807) is 86.4 Å². The van der Waals surface area contributed by atoms with E-state index < -0.39 is 47.4 Å². The number of halogens is 6. The third-order valence-corrected chi connectivity index (χ3v) is 17.2. The summed E-state index contributed by atoms with van der Waals surface area (Å²) in [7, 11) is 0. The van der Waals surface area contributed by atoms with Gasteiger partial charge in [-0.1, -0.05) is 37.3 Å². The molecule has 0 radical (unpaired) electrons. The predicted molar refractivity (Wildman–Crippen MR) is 450 cm³/mol. The van der Waals surface area contributed by atoms with Crippen LogP contribution in [-0.2, 0) is 38.5 Å². The second kappa shape index (κ2) is 45.2. The van der Waals surface area contributed by atoms with E-state index in [0.717, 1.165) is 52.6 Å². The average Bonchev–Trinajstić information content (AvgIpc) is 0.843. The van der Waals surface area contributed by atoms with Gasteiger partial charge in [-0.3, -0.25) is 58.9 Å². The SMILES string of the molecule is CCc1cc(Oc2cncc(F)c2)cc(C(=O)Cc2cccc(C)n2)n1.Cc1ccc(CC(=O)c2cc(Oc3cncnc3)cc(C(F)F)n2)nc1.Cc1ccc(CC(=O)c2cc(Oc3cncnc3)cc(C(F)F)n2)nc1.Cc1ccc(CC(=O)c2cc(Oc3cncnc3)cc(C)n2)nc1.Cc1cccc(CC(=O)c2cc(Oc3cncc(F)c3)cc(C)n2)n1. The van der Waals surface area contributed by atoms with Gasteiger partial charge < -0.3 is 23.7 Å². The molecule has 0 fully saturated rings. The molecule has 15 heterocycles. The van der Waals surface area contributed by atoms with Crippen molar-refractivity contribution < 1.29 is 74.0 Å². The van der Waals surface area contributed by atoms with E-state index in [1.165, 1.54) is 86.5 Å². The van der Waals surface area contributed by atoms with Crippen molar-refractivity contribution in [3.05, 3.63) is 370 Å². The number of ether oxygens (including phenoxy) is 5. The molecule has 0 spiro atoms. The molecule has 127 heavy (non-hydrogen) atoms. The maximum absolute atomic E-state index is 13.3. The van der Waals surface area contributed by atoms with Gasteiger partial charge in [0.25, 0.3) is 12.9 Å². The number of carbonyl (C=O) groups excluding carboxylic acids is 5. The van der Waals surface area contributed by atoms with Gasteiger partial charge in [-0.15, -0.1) is 0 Å². The van der Waals surface area contributed by atoms with Crippen molar-refractivity contribution in [1.82, 2.24) is 89.7 Å². The van der Waals surface area contributed by atoms with E-state index in [-0.39, 0.29) is 101 Å². The Balaban J connectivity index is 0.000000154. The van der Waals surface area contributed by atoms with Crippen LogP contribution in [0.2, 0.25) is 0 Å². The molecule has 0 saturated heterocycles. The monoisotopic (exact) mass is 1720 g/mol. The summed E-state index contributed by atoms with van der Waals surface area (Å²) >= 11 is 0. The molecule has 0 aliphatic heterocycles. The van der Waals surface area contributed by atoms with Crippen molar-refractivity contribution in [2.24, 2.45) is 0 Å². The van der Waals surface area contributed by atoms with Gasteiger partial charge in [0, 0.05) is 148 Å². The summed E-state index contributed by atoms with van der Waals surface area (Å²) < 4.78 is 107. The van der Waals surface area contributed by atoms with E-state index in [0.29, 0.717) is 86.4 Å². The number of pyridine rings is 12. The highest BCUT2D eigenvalue weighted by Gasteiger charge is 2.23.